The molecule has 0 fully saturated rings. The quantitative estimate of drug-likeness (QED) is 0.576. The van der Waals surface area contributed by atoms with Crippen LogP contribution in [-0.2, 0) is 16.6 Å². The molecule has 1 heteroatoms. The van der Waals surface area contributed by atoms with E-state index in [4.69, 9.17) is 0 Å². The lowest BCUT2D eigenvalue weighted by molar-refractivity contribution is -0.118. The van der Waals surface area contributed by atoms with Crippen molar-refractivity contribution >= 4 is 5.78 Å². The molecule has 0 radical (unpaired) electrons. The first kappa shape index (κ1) is 16.9. The zero-order valence-corrected chi connectivity index (χ0v) is 13.7. The number of hydrogen-bond donors (Lipinski definition) is 0. The molecule has 0 aromatic heterocycles. The van der Waals surface area contributed by atoms with Crippen molar-refractivity contribution in [1.29, 1.82) is 0 Å². The molecule has 0 amide bonds. The van der Waals surface area contributed by atoms with Gasteiger partial charge in [-0.15, -0.1) is 0 Å². The van der Waals surface area contributed by atoms with Gasteiger partial charge < -0.3 is 0 Å². The molecular weight excluding hydrogens is 244 g/mol. The fourth-order valence-corrected chi connectivity index (χ4v) is 2.36. The van der Waals surface area contributed by atoms with Gasteiger partial charge in [0.1, 0.15) is 5.78 Å². The van der Waals surface area contributed by atoms with Crippen LogP contribution in [0, 0.1) is 0 Å². The first-order valence-corrected chi connectivity index (χ1v) is 8.04. The molecule has 0 saturated heterocycles. The Kier molecular flexibility index (Phi) is 6.98. The summed E-state index contributed by atoms with van der Waals surface area (Å²) in [7, 11) is 0. The van der Waals surface area contributed by atoms with Crippen LogP contribution < -0.4 is 0 Å². The van der Waals surface area contributed by atoms with Crippen molar-refractivity contribution in [2.45, 2.75) is 78.1 Å². The third kappa shape index (κ3) is 6.36. The lowest BCUT2D eigenvalue weighted by atomic mass is 9.86. The first-order chi connectivity index (χ1) is 9.43. The molecule has 0 bridgehead atoms. The van der Waals surface area contributed by atoms with Crippen molar-refractivity contribution in [2.24, 2.45) is 0 Å². The summed E-state index contributed by atoms with van der Waals surface area (Å²) in [6.07, 6.45) is 7.41. The van der Waals surface area contributed by atoms with Crippen molar-refractivity contribution in [2.75, 3.05) is 0 Å². The maximum atomic E-state index is 11.9. The number of Topliss-reactive ketones (excluding diaryl/α,β-unsaturated/α-hetero) is 1. The van der Waals surface area contributed by atoms with E-state index in [1.54, 1.807) is 0 Å². The number of rotatable bonds is 8. The van der Waals surface area contributed by atoms with Gasteiger partial charge in [0.05, 0.1) is 0 Å². The lowest BCUT2D eigenvalue weighted by Gasteiger charge is -2.19. The summed E-state index contributed by atoms with van der Waals surface area (Å²) in [5.41, 5.74) is 2.66. The molecule has 0 atom stereocenters. The van der Waals surface area contributed by atoms with E-state index in [2.05, 4.69) is 52.0 Å². The second-order valence-electron chi connectivity index (χ2n) is 6.83. The van der Waals surface area contributed by atoms with E-state index in [1.165, 1.54) is 31.2 Å². The first-order valence-electron chi connectivity index (χ1n) is 8.04. The summed E-state index contributed by atoms with van der Waals surface area (Å²) >= 11 is 0. The van der Waals surface area contributed by atoms with Crippen LogP contribution >= 0.6 is 0 Å². The predicted molar refractivity (Wildman–Crippen MR) is 87.2 cm³/mol. The van der Waals surface area contributed by atoms with Crippen LogP contribution in [0.1, 0.15) is 77.3 Å². The Labute approximate surface area is 124 Å². The predicted octanol–water partition coefficient (Wildman–Crippen LogP) is 5.46. The number of carbonyl (C=O) groups is 1. The Bertz CT molecular complexity index is 395. The SMILES string of the molecule is CCCCCCCC(=O)Cc1ccc(C(C)(C)C)cc1. The molecule has 1 rings (SSSR count). The summed E-state index contributed by atoms with van der Waals surface area (Å²) in [4.78, 5) is 11.9. The van der Waals surface area contributed by atoms with Crippen molar-refractivity contribution in [1.82, 2.24) is 0 Å². The maximum absolute atomic E-state index is 11.9. The zero-order valence-electron chi connectivity index (χ0n) is 13.7. The highest BCUT2D eigenvalue weighted by Crippen LogP contribution is 2.22. The third-order valence-corrected chi connectivity index (χ3v) is 3.78. The highest BCUT2D eigenvalue weighted by atomic mass is 16.1. The zero-order chi connectivity index (χ0) is 15.0. The van der Waals surface area contributed by atoms with Gasteiger partial charge in [0, 0.05) is 12.8 Å². The third-order valence-electron chi connectivity index (χ3n) is 3.78. The van der Waals surface area contributed by atoms with Gasteiger partial charge in [-0.2, -0.15) is 0 Å². The molecule has 0 saturated carbocycles. The van der Waals surface area contributed by atoms with E-state index in [0.717, 1.165) is 18.4 Å². The fourth-order valence-electron chi connectivity index (χ4n) is 2.36. The molecular formula is C19H30O. The van der Waals surface area contributed by atoms with Gasteiger partial charge >= 0.3 is 0 Å². The lowest BCUT2D eigenvalue weighted by Crippen LogP contribution is -2.11. The number of benzene rings is 1. The molecule has 1 aromatic carbocycles. The molecule has 0 aliphatic rings. The van der Waals surface area contributed by atoms with Crippen LogP contribution in [0.25, 0.3) is 0 Å². The van der Waals surface area contributed by atoms with Crippen molar-refractivity contribution in [3.05, 3.63) is 35.4 Å². The summed E-state index contributed by atoms with van der Waals surface area (Å²) in [5, 5.41) is 0. The van der Waals surface area contributed by atoms with Crippen molar-refractivity contribution in [3.8, 4) is 0 Å². The average molecular weight is 274 g/mol. The summed E-state index contributed by atoms with van der Waals surface area (Å²) in [5.74, 6) is 0.380. The maximum Gasteiger partial charge on any atom is 0.137 e. The fraction of sp³-hybridized carbons (Fsp3) is 0.632. The summed E-state index contributed by atoms with van der Waals surface area (Å²) in [6.45, 7) is 8.85. The van der Waals surface area contributed by atoms with E-state index < -0.39 is 0 Å². The topological polar surface area (TPSA) is 17.1 Å². The molecule has 0 aliphatic carbocycles. The number of carbonyl (C=O) groups excluding carboxylic acids is 1. The molecule has 20 heavy (non-hydrogen) atoms. The Hall–Kier alpha value is -1.11. The number of hydrogen-bond acceptors (Lipinski definition) is 1. The van der Waals surface area contributed by atoms with Crippen LogP contribution in [0.4, 0.5) is 0 Å². The Morgan fingerprint density at radius 1 is 0.950 bits per heavy atom. The van der Waals surface area contributed by atoms with Crippen LogP contribution in [0.5, 0.6) is 0 Å². The van der Waals surface area contributed by atoms with Gasteiger partial charge in [0.25, 0.3) is 0 Å². The van der Waals surface area contributed by atoms with E-state index >= 15 is 0 Å². The van der Waals surface area contributed by atoms with E-state index in [0.29, 0.717) is 12.2 Å². The molecule has 0 spiro atoms. The molecule has 0 N–H and O–H groups in total. The Morgan fingerprint density at radius 3 is 2.10 bits per heavy atom. The molecule has 112 valence electrons. The Morgan fingerprint density at radius 2 is 1.55 bits per heavy atom. The standard InChI is InChI=1S/C19H30O/c1-5-6-7-8-9-10-18(20)15-16-11-13-17(14-12-16)19(2,3)4/h11-14H,5-10,15H2,1-4H3. The highest BCUT2D eigenvalue weighted by molar-refractivity contribution is 5.80. The normalized spacial score (nSPS) is 11.6. The number of ketones is 1. The van der Waals surface area contributed by atoms with Gasteiger partial charge in [-0.25, -0.2) is 0 Å². The smallest absolute Gasteiger partial charge is 0.137 e. The van der Waals surface area contributed by atoms with Crippen LogP contribution in [0.3, 0.4) is 0 Å². The van der Waals surface area contributed by atoms with E-state index in [-0.39, 0.29) is 5.41 Å². The minimum absolute atomic E-state index is 0.182. The number of unbranched alkanes of at least 4 members (excludes halogenated alkanes) is 4. The van der Waals surface area contributed by atoms with Crippen LogP contribution in [-0.4, -0.2) is 5.78 Å². The molecule has 1 aromatic rings. The monoisotopic (exact) mass is 274 g/mol. The largest absolute Gasteiger partial charge is 0.299 e. The Balaban J connectivity index is 2.35. The second-order valence-corrected chi connectivity index (χ2v) is 6.83. The van der Waals surface area contributed by atoms with E-state index in [1.807, 2.05) is 0 Å². The van der Waals surface area contributed by atoms with Gasteiger partial charge in [-0.05, 0) is 23.0 Å². The van der Waals surface area contributed by atoms with Crippen molar-refractivity contribution < 1.29 is 4.79 Å². The summed E-state index contributed by atoms with van der Waals surface area (Å²) < 4.78 is 0. The second kappa shape index (κ2) is 8.24. The van der Waals surface area contributed by atoms with Gasteiger partial charge in [-0.3, -0.25) is 4.79 Å². The average Bonchev–Trinajstić information content (AvgIpc) is 2.38. The molecule has 0 heterocycles. The summed E-state index contributed by atoms with van der Waals surface area (Å²) in [6, 6.07) is 8.53. The van der Waals surface area contributed by atoms with Gasteiger partial charge in [-0.1, -0.05) is 77.6 Å². The minimum atomic E-state index is 0.182. The van der Waals surface area contributed by atoms with Crippen LogP contribution in [0.2, 0.25) is 0 Å². The van der Waals surface area contributed by atoms with Crippen LogP contribution in [0.15, 0.2) is 24.3 Å². The molecule has 0 aliphatic heterocycles. The van der Waals surface area contributed by atoms with Gasteiger partial charge in [0.2, 0.25) is 0 Å². The van der Waals surface area contributed by atoms with Crippen molar-refractivity contribution in [3.63, 3.8) is 0 Å². The van der Waals surface area contributed by atoms with E-state index in [9.17, 15) is 4.79 Å². The molecule has 0 unspecified atom stereocenters. The van der Waals surface area contributed by atoms with Gasteiger partial charge in [0.15, 0.2) is 0 Å². The molecule has 1 nitrogen and oxygen atoms in total. The highest BCUT2D eigenvalue weighted by Gasteiger charge is 2.13. The minimum Gasteiger partial charge on any atom is -0.299 e.